The van der Waals surface area contributed by atoms with Crippen molar-refractivity contribution in [2.24, 2.45) is 11.7 Å². The molecule has 0 amide bonds. The van der Waals surface area contributed by atoms with Gasteiger partial charge in [-0.15, -0.1) is 0 Å². The van der Waals surface area contributed by atoms with Crippen molar-refractivity contribution in [3.05, 3.63) is 29.8 Å². The molecule has 20 heavy (non-hydrogen) atoms. The first kappa shape index (κ1) is 13.9. The minimum Gasteiger partial charge on any atom is -0.490 e. The predicted molar refractivity (Wildman–Crippen MR) is 83.1 cm³/mol. The van der Waals surface area contributed by atoms with Gasteiger partial charge < -0.3 is 10.5 Å². The van der Waals surface area contributed by atoms with Crippen LogP contribution in [0.15, 0.2) is 24.3 Å². The average molecular weight is 273 g/mol. The summed E-state index contributed by atoms with van der Waals surface area (Å²) < 4.78 is 5.93. The molecule has 0 aliphatic heterocycles. The van der Waals surface area contributed by atoms with Crippen LogP contribution in [-0.2, 0) is 0 Å². The third kappa shape index (κ3) is 3.35. The molecule has 110 valence electrons. The summed E-state index contributed by atoms with van der Waals surface area (Å²) in [5.74, 6) is 2.41. The van der Waals surface area contributed by atoms with Crippen LogP contribution in [-0.4, -0.2) is 12.1 Å². The highest BCUT2D eigenvalue weighted by molar-refractivity contribution is 5.32. The molecular weight excluding hydrogens is 246 g/mol. The van der Waals surface area contributed by atoms with Crippen molar-refractivity contribution in [2.45, 2.75) is 69.9 Å². The van der Waals surface area contributed by atoms with Crippen LogP contribution in [0.3, 0.4) is 0 Å². The molecule has 0 saturated heterocycles. The second kappa shape index (κ2) is 6.17. The van der Waals surface area contributed by atoms with Crippen LogP contribution in [0.2, 0.25) is 0 Å². The van der Waals surface area contributed by atoms with E-state index in [1.807, 2.05) is 0 Å². The average Bonchev–Trinajstić information content (AvgIpc) is 3.25. The van der Waals surface area contributed by atoms with Crippen LogP contribution < -0.4 is 10.5 Å². The lowest BCUT2D eigenvalue weighted by atomic mass is 9.74. The van der Waals surface area contributed by atoms with Crippen LogP contribution in [0.1, 0.15) is 63.4 Å². The second-order valence-corrected chi connectivity index (χ2v) is 6.63. The summed E-state index contributed by atoms with van der Waals surface area (Å²) in [7, 11) is 0. The monoisotopic (exact) mass is 273 g/mol. The largest absolute Gasteiger partial charge is 0.490 e. The molecule has 0 spiro atoms. The molecule has 2 aliphatic carbocycles. The highest BCUT2D eigenvalue weighted by Gasteiger charge is 2.29. The fourth-order valence-corrected chi connectivity index (χ4v) is 3.53. The lowest BCUT2D eigenvalue weighted by molar-refractivity contribution is 0.272. The Hall–Kier alpha value is -1.02. The summed E-state index contributed by atoms with van der Waals surface area (Å²) >= 11 is 0. The Bertz CT molecular complexity index is 441. The van der Waals surface area contributed by atoms with Gasteiger partial charge in [0.05, 0.1) is 6.10 Å². The molecule has 2 saturated carbocycles. The van der Waals surface area contributed by atoms with E-state index in [1.54, 1.807) is 0 Å². The smallest absolute Gasteiger partial charge is 0.120 e. The summed E-state index contributed by atoms with van der Waals surface area (Å²) in [6, 6.07) is 9.00. The van der Waals surface area contributed by atoms with Crippen molar-refractivity contribution < 1.29 is 4.74 Å². The van der Waals surface area contributed by atoms with Gasteiger partial charge >= 0.3 is 0 Å². The zero-order valence-corrected chi connectivity index (χ0v) is 12.6. The lowest BCUT2D eigenvalue weighted by Gasteiger charge is -2.34. The van der Waals surface area contributed by atoms with E-state index < -0.39 is 0 Å². The topological polar surface area (TPSA) is 35.2 Å². The minimum absolute atomic E-state index is 0.319. The fourth-order valence-electron chi connectivity index (χ4n) is 3.53. The quantitative estimate of drug-likeness (QED) is 0.871. The molecule has 1 aromatic rings. The Morgan fingerprint density at radius 2 is 2.05 bits per heavy atom. The van der Waals surface area contributed by atoms with E-state index in [0.717, 1.165) is 11.7 Å². The minimum atomic E-state index is 0.319. The summed E-state index contributed by atoms with van der Waals surface area (Å²) in [5.41, 5.74) is 7.78. The highest BCUT2D eigenvalue weighted by Crippen LogP contribution is 2.38. The Labute approximate surface area is 122 Å². The van der Waals surface area contributed by atoms with Crippen molar-refractivity contribution >= 4 is 0 Å². The molecule has 0 bridgehead atoms. The van der Waals surface area contributed by atoms with E-state index in [9.17, 15) is 0 Å². The van der Waals surface area contributed by atoms with Gasteiger partial charge in [0.1, 0.15) is 5.75 Å². The molecule has 1 aromatic carbocycles. The van der Waals surface area contributed by atoms with Crippen molar-refractivity contribution in [1.29, 1.82) is 0 Å². The molecule has 3 unspecified atom stereocenters. The zero-order valence-electron chi connectivity index (χ0n) is 12.6. The molecule has 2 fully saturated rings. The van der Waals surface area contributed by atoms with Gasteiger partial charge in [-0.25, -0.2) is 0 Å². The normalized spacial score (nSPS) is 30.2. The van der Waals surface area contributed by atoms with Gasteiger partial charge in [0.2, 0.25) is 0 Å². The molecule has 2 aliphatic rings. The first-order valence-electron chi connectivity index (χ1n) is 8.28. The van der Waals surface area contributed by atoms with Gasteiger partial charge in [0.15, 0.2) is 0 Å². The van der Waals surface area contributed by atoms with Gasteiger partial charge in [0, 0.05) is 6.04 Å². The molecule has 3 rings (SSSR count). The van der Waals surface area contributed by atoms with Crippen molar-refractivity contribution in [1.82, 2.24) is 0 Å². The summed E-state index contributed by atoms with van der Waals surface area (Å²) in [5, 5.41) is 0. The first-order chi connectivity index (χ1) is 9.76. The van der Waals surface area contributed by atoms with Crippen LogP contribution in [0.4, 0.5) is 0 Å². The van der Waals surface area contributed by atoms with Crippen LogP contribution in [0.25, 0.3) is 0 Å². The van der Waals surface area contributed by atoms with Gasteiger partial charge in [-0.1, -0.05) is 31.9 Å². The van der Waals surface area contributed by atoms with E-state index >= 15 is 0 Å². The molecule has 0 radical (unpaired) electrons. The number of benzene rings is 1. The first-order valence-corrected chi connectivity index (χ1v) is 8.28. The number of ether oxygens (including phenoxy) is 1. The second-order valence-electron chi connectivity index (χ2n) is 6.63. The maximum atomic E-state index is 6.39. The summed E-state index contributed by atoms with van der Waals surface area (Å²) in [6.07, 6.45) is 9.27. The molecule has 3 atom stereocenters. The number of nitrogens with two attached hydrogens (primary N) is 1. The molecule has 0 aromatic heterocycles. The van der Waals surface area contributed by atoms with Gasteiger partial charge in [-0.05, 0) is 61.6 Å². The van der Waals surface area contributed by atoms with Crippen LogP contribution in [0, 0.1) is 5.92 Å². The Balaban J connectivity index is 1.71. The fraction of sp³-hybridized carbons (Fsp3) is 0.667. The number of hydrogen-bond donors (Lipinski definition) is 1. The van der Waals surface area contributed by atoms with Crippen molar-refractivity contribution in [3.63, 3.8) is 0 Å². The summed E-state index contributed by atoms with van der Waals surface area (Å²) in [4.78, 5) is 0. The lowest BCUT2D eigenvalue weighted by Crippen LogP contribution is -2.34. The molecule has 2 nitrogen and oxygen atoms in total. The maximum absolute atomic E-state index is 6.39. The molecule has 2 N–H and O–H groups in total. The zero-order chi connectivity index (χ0) is 13.9. The van der Waals surface area contributed by atoms with Gasteiger partial charge in [-0.2, -0.15) is 0 Å². The molecule has 2 heteroatoms. The van der Waals surface area contributed by atoms with Crippen LogP contribution in [0.5, 0.6) is 5.75 Å². The summed E-state index contributed by atoms with van der Waals surface area (Å²) in [6.45, 7) is 2.29. The Morgan fingerprint density at radius 1 is 1.20 bits per heavy atom. The van der Waals surface area contributed by atoms with E-state index in [1.165, 1.54) is 50.5 Å². The standard InChI is InChI=1S/C18H27NO/c1-2-4-13-7-10-18(19)17(11-13)14-5-3-6-16(12-14)20-15-8-9-15/h3,5-6,12-13,15,17-18H,2,4,7-11,19H2,1H3. The van der Waals surface area contributed by atoms with Gasteiger partial charge in [0.25, 0.3) is 0 Å². The van der Waals surface area contributed by atoms with E-state index in [0.29, 0.717) is 18.1 Å². The number of rotatable bonds is 5. The van der Waals surface area contributed by atoms with E-state index in [2.05, 4.69) is 31.2 Å². The van der Waals surface area contributed by atoms with E-state index in [4.69, 9.17) is 10.5 Å². The SMILES string of the molecule is CCCC1CCC(N)C(c2cccc(OC3CC3)c2)C1. The molecular formula is C18H27NO. The van der Waals surface area contributed by atoms with Crippen molar-refractivity contribution in [3.8, 4) is 5.75 Å². The Morgan fingerprint density at radius 3 is 2.80 bits per heavy atom. The predicted octanol–water partition coefficient (Wildman–Crippen LogP) is 4.24. The van der Waals surface area contributed by atoms with Crippen molar-refractivity contribution in [2.75, 3.05) is 0 Å². The third-order valence-electron chi connectivity index (χ3n) is 4.82. The van der Waals surface area contributed by atoms with Gasteiger partial charge in [-0.3, -0.25) is 0 Å². The third-order valence-corrected chi connectivity index (χ3v) is 4.82. The Kier molecular flexibility index (Phi) is 4.30. The highest BCUT2D eigenvalue weighted by atomic mass is 16.5. The maximum Gasteiger partial charge on any atom is 0.120 e. The van der Waals surface area contributed by atoms with Crippen LogP contribution >= 0.6 is 0 Å². The number of hydrogen-bond acceptors (Lipinski definition) is 2. The van der Waals surface area contributed by atoms with E-state index in [-0.39, 0.29) is 0 Å². The molecule has 0 heterocycles.